The summed E-state index contributed by atoms with van der Waals surface area (Å²) in [6.45, 7) is 7.64. The van der Waals surface area contributed by atoms with Gasteiger partial charge in [-0.1, -0.05) is 26.0 Å². The van der Waals surface area contributed by atoms with Crippen molar-refractivity contribution >= 4 is 5.91 Å². The lowest BCUT2D eigenvalue weighted by Crippen LogP contribution is -2.41. The summed E-state index contributed by atoms with van der Waals surface area (Å²) in [4.78, 5) is 14.3. The maximum atomic E-state index is 11.9. The lowest BCUT2D eigenvalue weighted by molar-refractivity contribution is -0.129. The summed E-state index contributed by atoms with van der Waals surface area (Å²) in [5, 5.41) is 0. The summed E-state index contributed by atoms with van der Waals surface area (Å²) >= 11 is 0. The molecule has 0 heterocycles. The topological polar surface area (TPSA) is 46.3 Å². The molecule has 3 atom stereocenters. The molecule has 2 rings (SSSR count). The molecule has 2 N–H and O–H groups in total. The number of allylic oxidation sites excluding steroid dienone is 2. The van der Waals surface area contributed by atoms with E-state index in [-0.39, 0.29) is 11.3 Å². The zero-order chi connectivity index (χ0) is 13.2. The van der Waals surface area contributed by atoms with E-state index in [4.69, 9.17) is 5.73 Å². The smallest absolute Gasteiger partial charge is 0.224 e. The Labute approximate surface area is 110 Å². The Kier molecular flexibility index (Phi) is 4.10. The van der Waals surface area contributed by atoms with E-state index < -0.39 is 0 Å². The fourth-order valence-corrected chi connectivity index (χ4v) is 3.81. The van der Waals surface area contributed by atoms with Crippen molar-refractivity contribution < 1.29 is 4.79 Å². The van der Waals surface area contributed by atoms with Crippen LogP contribution in [0.1, 0.15) is 39.5 Å². The number of rotatable bonds is 7. The zero-order valence-corrected chi connectivity index (χ0v) is 11.7. The summed E-state index contributed by atoms with van der Waals surface area (Å²) in [7, 11) is 0. The summed E-state index contributed by atoms with van der Waals surface area (Å²) in [5.74, 6) is 0.951. The van der Waals surface area contributed by atoms with Gasteiger partial charge in [0.15, 0.2) is 0 Å². The predicted octanol–water partition coefficient (Wildman–Crippen LogP) is 2.18. The highest BCUT2D eigenvalue weighted by atomic mass is 16.1. The number of nitrogens with two attached hydrogens (primary N) is 1. The van der Waals surface area contributed by atoms with Gasteiger partial charge in [0.05, 0.1) is 5.41 Å². The molecule has 1 amide bonds. The molecule has 1 saturated carbocycles. The molecule has 0 unspecified atom stereocenters. The average Bonchev–Trinajstić information content (AvgIpc) is 2.95. The van der Waals surface area contributed by atoms with E-state index in [9.17, 15) is 4.79 Å². The molecule has 0 aromatic heterocycles. The Bertz CT molecular complexity index is 335. The molecule has 2 aliphatic carbocycles. The van der Waals surface area contributed by atoms with Gasteiger partial charge in [-0.25, -0.2) is 0 Å². The van der Waals surface area contributed by atoms with Gasteiger partial charge in [0.25, 0.3) is 0 Å². The highest BCUT2D eigenvalue weighted by Crippen LogP contribution is 2.54. The number of hydrogen-bond donors (Lipinski definition) is 1. The maximum absolute atomic E-state index is 11.9. The third-order valence-electron chi connectivity index (χ3n) is 4.99. The van der Waals surface area contributed by atoms with Gasteiger partial charge in [0, 0.05) is 0 Å². The second kappa shape index (κ2) is 5.43. The third-order valence-corrected chi connectivity index (χ3v) is 4.99. The molecule has 102 valence electrons. The fraction of sp³-hybridized carbons (Fsp3) is 0.800. The van der Waals surface area contributed by atoms with Crippen molar-refractivity contribution in [3.05, 3.63) is 12.2 Å². The normalized spacial score (nSPS) is 33.5. The molecule has 0 radical (unpaired) electrons. The third kappa shape index (κ3) is 2.33. The summed E-state index contributed by atoms with van der Waals surface area (Å²) in [5.41, 5.74) is 5.49. The molecule has 2 aliphatic rings. The first kappa shape index (κ1) is 13.6. The van der Waals surface area contributed by atoms with Gasteiger partial charge < -0.3 is 10.6 Å². The lowest BCUT2D eigenvalue weighted by atomic mass is 9.72. The van der Waals surface area contributed by atoms with Crippen molar-refractivity contribution in [2.24, 2.45) is 23.0 Å². The number of carbonyl (C=O) groups is 1. The van der Waals surface area contributed by atoms with Crippen LogP contribution >= 0.6 is 0 Å². The van der Waals surface area contributed by atoms with Crippen molar-refractivity contribution in [3.8, 4) is 0 Å². The van der Waals surface area contributed by atoms with Crippen LogP contribution in [-0.4, -0.2) is 30.4 Å². The van der Waals surface area contributed by atoms with E-state index in [2.05, 4.69) is 30.9 Å². The fourth-order valence-electron chi connectivity index (χ4n) is 3.81. The van der Waals surface area contributed by atoms with Crippen molar-refractivity contribution in [1.29, 1.82) is 0 Å². The van der Waals surface area contributed by atoms with E-state index in [1.807, 2.05) is 0 Å². The number of hydrogen-bond acceptors (Lipinski definition) is 2. The Balaban J connectivity index is 1.93. The molecule has 18 heavy (non-hydrogen) atoms. The van der Waals surface area contributed by atoms with Crippen LogP contribution in [0.3, 0.4) is 0 Å². The molecule has 0 spiro atoms. The summed E-state index contributed by atoms with van der Waals surface area (Å²) in [6, 6.07) is 0. The van der Waals surface area contributed by atoms with Crippen molar-refractivity contribution in [3.63, 3.8) is 0 Å². The van der Waals surface area contributed by atoms with Gasteiger partial charge in [0.2, 0.25) is 5.91 Å². The summed E-state index contributed by atoms with van der Waals surface area (Å²) < 4.78 is 0. The average molecular weight is 250 g/mol. The molecule has 0 saturated heterocycles. The van der Waals surface area contributed by atoms with E-state index >= 15 is 0 Å². The molecular weight excluding hydrogens is 224 g/mol. The van der Waals surface area contributed by atoms with Crippen molar-refractivity contribution in [2.45, 2.75) is 39.5 Å². The zero-order valence-electron chi connectivity index (χ0n) is 11.7. The Hall–Kier alpha value is -0.830. The monoisotopic (exact) mass is 250 g/mol. The standard InChI is InChI=1S/C15H26N2O/c1-3-17(4-2)9-5-8-15(14(16)18)11-12-6-7-13(15)10-12/h6-7,12-13H,3-5,8-11H2,1-2H3,(H2,16,18)/t12-,13-,15+/m0/s1. The minimum atomic E-state index is -0.230. The van der Waals surface area contributed by atoms with Gasteiger partial charge in [0.1, 0.15) is 0 Å². The first-order valence-corrected chi connectivity index (χ1v) is 7.33. The van der Waals surface area contributed by atoms with Crippen LogP contribution in [0.4, 0.5) is 0 Å². The number of nitrogens with zero attached hydrogens (tertiary/aromatic N) is 1. The van der Waals surface area contributed by atoms with Crippen LogP contribution in [0.25, 0.3) is 0 Å². The molecule has 0 aromatic carbocycles. The quantitative estimate of drug-likeness (QED) is 0.704. The van der Waals surface area contributed by atoms with Crippen LogP contribution in [0, 0.1) is 17.3 Å². The van der Waals surface area contributed by atoms with Gasteiger partial charge >= 0.3 is 0 Å². The minimum Gasteiger partial charge on any atom is -0.369 e. The number of amides is 1. The van der Waals surface area contributed by atoms with Crippen LogP contribution in [-0.2, 0) is 4.79 Å². The summed E-state index contributed by atoms with van der Waals surface area (Å²) in [6.07, 6.45) is 8.69. The number of primary amides is 1. The SMILES string of the molecule is CCN(CC)CCC[C@@]1(C(N)=O)C[C@H]2C=C[C@H]1C2. The second-order valence-electron chi connectivity index (χ2n) is 5.84. The van der Waals surface area contributed by atoms with E-state index in [1.165, 1.54) is 0 Å². The van der Waals surface area contributed by atoms with Crippen molar-refractivity contribution in [1.82, 2.24) is 4.90 Å². The van der Waals surface area contributed by atoms with Crippen LogP contribution in [0.15, 0.2) is 12.2 Å². The number of fused-ring (bicyclic) bond motifs is 2. The largest absolute Gasteiger partial charge is 0.369 e. The lowest BCUT2D eigenvalue weighted by Gasteiger charge is -2.33. The molecule has 1 fully saturated rings. The molecule has 2 bridgehead atoms. The van der Waals surface area contributed by atoms with Gasteiger partial charge in [-0.05, 0) is 57.2 Å². The molecule has 0 aromatic rings. The highest BCUT2D eigenvalue weighted by molar-refractivity contribution is 5.82. The Morgan fingerprint density at radius 2 is 2.11 bits per heavy atom. The Morgan fingerprint density at radius 1 is 1.39 bits per heavy atom. The molecular formula is C15H26N2O. The second-order valence-corrected chi connectivity index (χ2v) is 5.84. The maximum Gasteiger partial charge on any atom is 0.224 e. The van der Waals surface area contributed by atoms with Gasteiger partial charge in [-0.3, -0.25) is 4.79 Å². The van der Waals surface area contributed by atoms with Gasteiger partial charge in [-0.15, -0.1) is 0 Å². The number of carbonyl (C=O) groups excluding carboxylic acids is 1. The van der Waals surface area contributed by atoms with Gasteiger partial charge in [-0.2, -0.15) is 0 Å². The molecule has 0 aliphatic heterocycles. The van der Waals surface area contributed by atoms with Crippen LogP contribution in [0.5, 0.6) is 0 Å². The van der Waals surface area contributed by atoms with Crippen LogP contribution < -0.4 is 5.73 Å². The van der Waals surface area contributed by atoms with Crippen molar-refractivity contribution in [2.75, 3.05) is 19.6 Å². The first-order chi connectivity index (χ1) is 8.62. The predicted molar refractivity (Wildman–Crippen MR) is 74.0 cm³/mol. The van der Waals surface area contributed by atoms with E-state index in [0.717, 1.165) is 45.3 Å². The van der Waals surface area contributed by atoms with E-state index in [0.29, 0.717) is 11.8 Å². The van der Waals surface area contributed by atoms with Crippen LogP contribution in [0.2, 0.25) is 0 Å². The molecule has 3 nitrogen and oxygen atoms in total. The Morgan fingerprint density at radius 3 is 2.56 bits per heavy atom. The molecule has 3 heteroatoms. The minimum absolute atomic E-state index is 0.0705. The first-order valence-electron chi connectivity index (χ1n) is 7.33. The van der Waals surface area contributed by atoms with E-state index in [1.54, 1.807) is 0 Å². The highest BCUT2D eigenvalue weighted by Gasteiger charge is 2.51.